The van der Waals surface area contributed by atoms with Gasteiger partial charge < -0.3 is 15.0 Å². The van der Waals surface area contributed by atoms with Crippen LogP contribution in [0, 0.1) is 17.6 Å². The minimum Gasteiger partial charge on any atom is -0.496 e. The van der Waals surface area contributed by atoms with E-state index in [0.29, 0.717) is 17.4 Å². The fraction of sp³-hybridized carbons (Fsp3) is 0.310. The predicted octanol–water partition coefficient (Wildman–Crippen LogP) is 7.22. The molecule has 0 aliphatic heterocycles. The van der Waals surface area contributed by atoms with E-state index < -0.39 is 17.6 Å². The summed E-state index contributed by atoms with van der Waals surface area (Å²) in [6, 6.07) is 10.8. The maximum atomic E-state index is 14.6. The van der Waals surface area contributed by atoms with Crippen molar-refractivity contribution < 1.29 is 22.7 Å². The Morgan fingerprint density at radius 2 is 1.79 bits per heavy atom. The molecular formula is C29H27ClF3N3O2S. The average Bonchev–Trinajstić information content (AvgIpc) is 3.32. The number of carbonyl (C=O) groups is 1. The number of hydrogen-bond acceptors (Lipinski definition) is 5. The highest BCUT2D eigenvalue weighted by Gasteiger charge is 2.33. The Morgan fingerprint density at radius 1 is 1.08 bits per heavy atom. The van der Waals surface area contributed by atoms with Crippen LogP contribution < -0.4 is 10.1 Å². The van der Waals surface area contributed by atoms with E-state index in [0.717, 1.165) is 60.3 Å². The first-order valence-corrected chi connectivity index (χ1v) is 13.8. The molecule has 10 heteroatoms. The lowest BCUT2D eigenvalue weighted by atomic mass is 9.89. The Bertz CT molecular complexity index is 1500. The maximum absolute atomic E-state index is 14.6. The van der Waals surface area contributed by atoms with Crippen molar-refractivity contribution in [1.29, 1.82) is 0 Å². The Morgan fingerprint density at radius 3 is 2.44 bits per heavy atom. The van der Waals surface area contributed by atoms with Crippen molar-refractivity contribution in [2.45, 2.75) is 44.3 Å². The van der Waals surface area contributed by atoms with Gasteiger partial charge in [0.2, 0.25) is 5.95 Å². The molecule has 0 radical (unpaired) electrons. The molecule has 2 aromatic heterocycles. The number of thiophene rings is 1. The monoisotopic (exact) mass is 573 g/mol. The van der Waals surface area contributed by atoms with E-state index in [1.807, 2.05) is 19.2 Å². The number of fused-ring (bicyclic) bond motifs is 1. The van der Waals surface area contributed by atoms with E-state index in [4.69, 9.17) is 16.3 Å². The normalized spacial score (nSPS) is 17.4. The Hall–Kier alpha value is -3.14. The van der Waals surface area contributed by atoms with E-state index in [1.54, 1.807) is 24.1 Å². The number of nitrogens with one attached hydrogen (secondary N) is 1. The predicted molar refractivity (Wildman–Crippen MR) is 148 cm³/mol. The summed E-state index contributed by atoms with van der Waals surface area (Å²) in [6.45, 7) is 0.189. The van der Waals surface area contributed by atoms with Gasteiger partial charge in [-0.25, -0.2) is 13.8 Å². The molecule has 39 heavy (non-hydrogen) atoms. The zero-order valence-corrected chi connectivity index (χ0v) is 23.0. The van der Waals surface area contributed by atoms with Crippen LogP contribution in [0.25, 0.3) is 21.2 Å². The van der Waals surface area contributed by atoms with Gasteiger partial charge in [0.05, 0.1) is 22.2 Å². The lowest BCUT2D eigenvalue weighted by Crippen LogP contribution is -2.44. The smallest absolute Gasteiger partial charge is 0.266 e. The van der Waals surface area contributed by atoms with Crippen LogP contribution in [0.5, 0.6) is 5.75 Å². The van der Waals surface area contributed by atoms with Crippen LogP contribution in [-0.2, 0) is 6.54 Å². The summed E-state index contributed by atoms with van der Waals surface area (Å²) in [6.07, 6.45) is 4.72. The summed E-state index contributed by atoms with van der Waals surface area (Å²) in [7, 11) is 3.48. The number of methoxy groups -OCH3 is 1. The summed E-state index contributed by atoms with van der Waals surface area (Å²) in [5, 5.41) is 3.15. The molecule has 2 aromatic carbocycles. The van der Waals surface area contributed by atoms with Crippen LogP contribution >= 0.6 is 22.9 Å². The number of halogens is 4. The van der Waals surface area contributed by atoms with Gasteiger partial charge in [0.1, 0.15) is 22.3 Å². The minimum absolute atomic E-state index is 0.0191. The summed E-state index contributed by atoms with van der Waals surface area (Å²) < 4.78 is 48.2. The number of benzene rings is 2. The van der Waals surface area contributed by atoms with Crippen molar-refractivity contribution in [3.8, 4) is 16.9 Å². The second-order valence-corrected chi connectivity index (χ2v) is 11.0. The quantitative estimate of drug-likeness (QED) is 0.237. The molecule has 0 unspecified atom stereocenters. The number of ether oxygens (including phenoxy) is 1. The lowest BCUT2D eigenvalue weighted by molar-refractivity contribution is 0.0604. The molecule has 1 amide bonds. The molecular weight excluding hydrogens is 547 g/mol. The first kappa shape index (κ1) is 27.4. The van der Waals surface area contributed by atoms with Gasteiger partial charge in [-0.05, 0) is 74.7 Å². The second kappa shape index (κ2) is 11.5. The van der Waals surface area contributed by atoms with Gasteiger partial charge >= 0.3 is 0 Å². The topological polar surface area (TPSA) is 54.5 Å². The number of nitrogens with zero attached hydrogens (tertiary/aromatic N) is 2. The van der Waals surface area contributed by atoms with Crippen LogP contribution in [0.4, 0.5) is 13.2 Å². The Balaban J connectivity index is 1.55. The zero-order chi connectivity index (χ0) is 27.7. The fourth-order valence-electron chi connectivity index (χ4n) is 5.22. The highest BCUT2D eigenvalue weighted by Crippen LogP contribution is 2.40. The van der Waals surface area contributed by atoms with E-state index in [1.165, 1.54) is 12.3 Å². The molecule has 1 aliphatic carbocycles. The van der Waals surface area contributed by atoms with Crippen molar-refractivity contribution in [2.75, 3.05) is 14.2 Å². The number of rotatable bonds is 7. The van der Waals surface area contributed by atoms with Gasteiger partial charge in [-0.2, -0.15) is 4.39 Å². The van der Waals surface area contributed by atoms with Gasteiger partial charge in [0, 0.05) is 36.0 Å². The molecule has 1 fully saturated rings. The first-order valence-electron chi connectivity index (χ1n) is 12.6. The summed E-state index contributed by atoms with van der Waals surface area (Å²) in [4.78, 5) is 19.7. The molecule has 4 aromatic rings. The molecule has 0 saturated heterocycles. The van der Waals surface area contributed by atoms with E-state index in [-0.39, 0.29) is 38.5 Å². The summed E-state index contributed by atoms with van der Waals surface area (Å²) in [5.74, 6) is -1.68. The Labute approximate surface area is 233 Å². The van der Waals surface area contributed by atoms with E-state index in [2.05, 4.69) is 10.3 Å². The van der Waals surface area contributed by atoms with Crippen LogP contribution in [0.15, 0.2) is 48.7 Å². The Kier molecular flexibility index (Phi) is 8.11. The SMILES string of the molecule is CN[C@H]1CC[C@H](N(Cc2cc(-c3ccc(F)nc3)ccc2OC)C(=O)c2sc3c(F)ccc(F)c3c2Cl)CC1. The largest absolute Gasteiger partial charge is 0.496 e. The number of carbonyl (C=O) groups excluding carboxylic acids is 1. The fourth-order valence-corrected chi connectivity index (χ4v) is 6.73. The van der Waals surface area contributed by atoms with Crippen LogP contribution in [-0.4, -0.2) is 42.0 Å². The third-order valence-corrected chi connectivity index (χ3v) is 9.04. The molecule has 0 bridgehead atoms. The van der Waals surface area contributed by atoms with Crippen molar-refractivity contribution in [3.63, 3.8) is 0 Å². The molecule has 1 saturated carbocycles. The van der Waals surface area contributed by atoms with Gasteiger partial charge in [0.25, 0.3) is 5.91 Å². The van der Waals surface area contributed by atoms with Crippen molar-refractivity contribution in [3.05, 3.63) is 81.7 Å². The average molecular weight is 574 g/mol. The summed E-state index contributed by atoms with van der Waals surface area (Å²) in [5.41, 5.74) is 2.23. The third kappa shape index (κ3) is 5.48. The molecule has 5 rings (SSSR count). The number of amides is 1. The van der Waals surface area contributed by atoms with Crippen LogP contribution in [0.2, 0.25) is 5.02 Å². The number of hydrogen-bond donors (Lipinski definition) is 1. The highest BCUT2D eigenvalue weighted by molar-refractivity contribution is 7.21. The van der Waals surface area contributed by atoms with E-state index in [9.17, 15) is 18.0 Å². The molecule has 204 valence electrons. The first-order chi connectivity index (χ1) is 18.8. The molecule has 1 aliphatic rings. The number of aromatic nitrogens is 1. The molecule has 1 N–H and O–H groups in total. The van der Waals surface area contributed by atoms with Crippen LogP contribution in [0.3, 0.4) is 0 Å². The second-order valence-electron chi connectivity index (χ2n) is 9.60. The van der Waals surface area contributed by atoms with Crippen molar-refractivity contribution >= 4 is 38.9 Å². The van der Waals surface area contributed by atoms with Crippen LogP contribution in [0.1, 0.15) is 40.9 Å². The third-order valence-electron chi connectivity index (χ3n) is 7.36. The highest BCUT2D eigenvalue weighted by atomic mass is 35.5. The number of pyridine rings is 1. The van der Waals surface area contributed by atoms with E-state index >= 15 is 0 Å². The lowest BCUT2D eigenvalue weighted by Gasteiger charge is -2.37. The standard InChI is InChI=1S/C29H27ClF3N3O2S/c1-34-19-5-7-20(8-6-19)36(29(37)28-26(30)25-21(31)9-10-22(32)27(25)39-28)15-18-13-16(3-11-23(18)38-2)17-4-12-24(33)35-14-17/h3-4,9-14,19-20,34H,5-8,15H2,1-2H3/t19-,20-. The molecule has 2 heterocycles. The van der Waals surface area contributed by atoms with Gasteiger partial charge in [-0.3, -0.25) is 4.79 Å². The molecule has 5 nitrogen and oxygen atoms in total. The molecule has 0 spiro atoms. The van der Waals surface area contributed by atoms with Gasteiger partial charge in [0.15, 0.2) is 0 Å². The van der Waals surface area contributed by atoms with Crippen molar-refractivity contribution in [2.24, 2.45) is 0 Å². The summed E-state index contributed by atoms with van der Waals surface area (Å²) >= 11 is 7.39. The molecule has 0 atom stereocenters. The minimum atomic E-state index is -0.671. The van der Waals surface area contributed by atoms with Gasteiger partial charge in [-0.1, -0.05) is 17.7 Å². The van der Waals surface area contributed by atoms with Crippen molar-refractivity contribution in [1.82, 2.24) is 15.2 Å². The zero-order valence-electron chi connectivity index (χ0n) is 21.4. The maximum Gasteiger partial charge on any atom is 0.266 e. The van der Waals surface area contributed by atoms with Gasteiger partial charge in [-0.15, -0.1) is 11.3 Å².